The van der Waals surface area contributed by atoms with E-state index in [1.165, 1.54) is 0 Å². The number of carbonyl (C=O) groups excluding carboxylic acids is 1. The van der Waals surface area contributed by atoms with Crippen molar-refractivity contribution >= 4 is 6.09 Å². The van der Waals surface area contributed by atoms with Crippen molar-refractivity contribution in [1.82, 2.24) is 5.32 Å². The van der Waals surface area contributed by atoms with Crippen molar-refractivity contribution in [3.8, 4) is 0 Å². The molecule has 0 bridgehead atoms. The molecule has 0 saturated heterocycles. The summed E-state index contributed by atoms with van der Waals surface area (Å²) in [6.45, 7) is 0.522. The Labute approximate surface area is 113 Å². The maximum absolute atomic E-state index is 11.7. The van der Waals surface area contributed by atoms with Crippen LogP contribution < -0.4 is 5.32 Å². The van der Waals surface area contributed by atoms with Crippen molar-refractivity contribution in [2.75, 3.05) is 6.61 Å². The molecule has 1 aliphatic rings. The minimum Gasteiger partial charge on any atom is -0.445 e. The van der Waals surface area contributed by atoms with Crippen molar-refractivity contribution < 1.29 is 14.6 Å². The molecule has 4 nitrogen and oxygen atoms in total. The average Bonchev–Trinajstić information content (AvgIpc) is 3.18. The summed E-state index contributed by atoms with van der Waals surface area (Å²) in [5, 5.41) is 11.7. The number of carbonyl (C=O) groups is 1. The standard InChI is InChI=1S/C15H21NO3/c17-11-5-4-8-15(9-10-15)16-14(18)19-12-13-6-2-1-3-7-13/h1-3,6-7,17H,4-5,8-12H2,(H,16,18). The predicted octanol–water partition coefficient (Wildman–Crippen LogP) is 2.61. The third-order valence-electron chi connectivity index (χ3n) is 3.50. The van der Waals surface area contributed by atoms with Crippen LogP contribution in [0.15, 0.2) is 30.3 Å². The first kappa shape index (κ1) is 13.9. The number of aliphatic hydroxyl groups excluding tert-OH is 1. The van der Waals surface area contributed by atoms with E-state index >= 15 is 0 Å². The Morgan fingerprint density at radius 1 is 1.26 bits per heavy atom. The molecule has 0 aliphatic heterocycles. The molecule has 2 N–H and O–H groups in total. The number of unbranched alkanes of at least 4 members (excludes halogenated alkanes) is 1. The fourth-order valence-corrected chi connectivity index (χ4v) is 2.14. The molecule has 1 aromatic carbocycles. The molecule has 4 heteroatoms. The predicted molar refractivity (Wildman–Crippen MR) is 72.7 cm³/mol. The lowest BCUT2D eigenvalue weighted by atomic mass is 10.1. The SMILES string of the molecule is O=C(NC1(CCCCO)CC1)OCc1ccccc1. The van der Waals surface area contributed by atoms with Crippen LogP contribution in [0.25, 0.3) is 0 Å². The van der Waals surface area contributed by atoms with Crippen LogP contribution in [0.2, 0.25) is 0 Å². The minimum absolute atomic E-state index is 0.0665. The highest BCUT2D eigenvalue weighted by Crippen LogP contribution is 2.40. The Kier molecular flexibility index (Phi) is 4.80. The highest BCUT2D eigenvalue weighted by Gasteiger charge is 2.43. The van der Waals surface area contributed by atoms with Gasteiger partial charge >= 0.3 is 6.09 Å². The minimum atomic E-state index is -0.342. The van der Waals surface area contributed by atoms with Gasteiger partial charge in [0, 0.05) is 12.1 Å². The van der Waals surface area contributed by atoms with Crippen LogP contribution in [0.4, 0.5) is 4.79 Å². The lowest BCUT2D eigenvalue weighted by molar-refractivity contribution is 0.133. The quantitative estimate of drug-likeness (QED) is 0.743. The van der Waals surface area contributed by atoms with Gasteiger partial charge in [0.25, 0.3) is 0 Å². The molecular weight excluding hydrogens is 242 g/mol. The highest BCUT2D eigenvalue weighted by atomic mass is 16.5. The largest absolute Gasteiger partial charge is 0.445 e. The average molecular weight is 263 g/mol. The van der Waals surface area contributed by atoms with E-state index in [9.17, 15) is 4.79 Å². The molecular formula is C15H21NO3. The van der Waals surface area contributed by atoms with Gasteiger partial charge in [-0.15, -0.1) is 0 Å². The number of alkyl carbamates (subject to hydrolysis) is 1. The highest BCUT2D eigenvalue weighted by molar-refractivity contribution is 5.69. The fourth-order valence-electron chi connectivity index (χ4n) is 2.14. The van der Waals surface area contributed by atoms with Crippen LogP contribution in [-0.2, 0) is 11.3 Å². The Hall–Kier alpha value is -1.55. The Morgan fingerprint density at radius 2 is 2.00 bits per heavy atom. The Balaban J connectivity index is 1.69. The molecule has 2 rings (SSSR count). The zero-order valence-corrected chi connectivity index (χ0v) is 11.1. The van der Waals surface area contributed by atoms with Crippen molar-refractivity contribution in [2.45, 2.75) is 44.2 Å². The summed E-state index contributed by atoms with van der Waals surface area (Å²) in [4.78, 5) is 11.7. The normalized spacial score (nSPS) is 15.8. The summed E-state index contributed by atoms with van der Waals surface area (Å²) in [7, 11) is 0. The number of hydrogen-bond acceptors (Lipinski definition) is 3. The second-order valence-corrected chi connectivity index (χ2v) is 5.15. The van der Waals surface area contributed by atoms with E-state index in [0.717, 1.165) is 37.7 Å². The summed E-state index contributed by atoms with van der Waals surface area (Å²) in [6, 6.07) is 9.65. The molecule has 104 valence electrons. The van der Waals surface area contributed by atoms with Crippen molar-refractivity contribution in [3.63, 3.8) is 0 Å². The van der Waals surface area contributed by atoms with Crippen LogP contribution in [0.3, 0.4) is 0 Å². The van der Waals surface area contributed by atoms with Gasteiger partial charge in [-0.25, -0.2) is 4.79 Å². The first-order chi connectivity index (χ1) is 9.24. The maximum Gasteiger partial charge on any atom is 0.407 e. The maximum atomic E-state index is 11.7. The monoisotopic (exact) mass is 263 g/mol. The molecule has 0 spiro atoms. The first-order valence-electron chi connectivity index (χ1n) is 6.84. The number of benzene rings is 1. The zero-order valence-electron chi connectivity index (χ0n) is 11.1. The molecule has 1 aliphatic carbocycles. The summed E-state index contributed by atoms with van der Waals surface area (Å²) in [6.07, 6.45) is 4.34. The second-order valence-electron chi connectivity index (χ2n) is 5.15. The molecule has 1 amide bonds. The third kappa shape index (κ3) is 4.56. The van der Waals surface area contributed by atoms with Gasteiger partial charge in [-0.2, -0.15) is 0 Å². The molecule has 1 aromatic rings. The van der Waals surface area contributed by atoms with E-state index in [-0.39, 0.29) is 18.2 Å². The Bertz CT molecular complexity index is 401. The lowest BCUT2D eigenvalue weighted by Gasteiger charge is -2.17. The molecule has 0 radical (unpaired) electrons. The van der Waals surface area contributed by atoms with Crippen molar-refractivity contribution in [1.29, 1.82) is 0 Å². The van der Waals surface area contributed by atoms with Crippen LogP contribution in [0, 0.1) is 0 Å². The van der Waals surface area contributed by atoms with E-state index in [1.54, 1.807) is 0 Å². The second kappa shape index (κ2) is 6.57. The molecule has 1 fully saturated rings. The van der Waals surface area contributed by atoms with Crippen molar-refractivity contribution in [2.24, 2.45) is 0 Å². The molecule has 0 aromatic heterocycles. The smallest absolute Gasteiger partial charge is 0.407 e. The van der Waals surface area contributed by atoms with Gasteiger partial charge < -0.3 is 15.2 Å². The van der Waals surface area contributed by atoms with E-state index in [0.29, 0.717) is 6.61 Å². The number of rotatable bonds is 7. The molecule has 0 heterocycles. The summed E-state index contributed by atoms with van der Waals surface area (Å²) in [5.41, 5.74) is 0.922. The summed E-state index contributed by atoms with van der Waals surface area (Å²) >= 11 is 0. The van der Waals surface area contributed by atoms with Gasteiger partial charge in [0.15, 0.2) is 0 Å². The fraction of sp³-hybridized carbons (Fsp3) is 0.533. The van der Waals surface area contributed by atoms with E-state index in [4.69, 9.17) is 9.84 Å². The van der Waals surface area contributed by atoms with Gasteiger partial charge in [-0.1, -0.05) is 30.3 Å². The third-order valence-corrected chi connectivity index (χ3v) is 3.50. The first-order valence-corrected chi connectivity index (χ1v) is 6.84. The van der Waals surface area contributed by atoms with Gasteiger partial charge in [-0.3, -0.25) is 0 Å². The van der Waals surface area contributed by atoms with E-state index in [2.05, 4.69) is 5.32 Å². The Morgan fingerprint density at radius 3 is 2.63 bits per heavy atom. The lowest BCUT2D eigenvalue weighted by Crippen LogP contribution is -2.37. The molecule has 0 atom stereocenters. The molecule has 19 heavy (non-hydrogen) atoms. The number of ether oxygens (including phenoxy) is 1. The number of aliphatic hydroxyl groups is 1. The summed E-state index contributed by atoms with van der Waals surface area (Å²) in [5.74, 6) is 0. The number of hydrogen-bond donors (Lipinski definition) is 2. The zero-order chi connectivity index (χ0) is 13.6. The van der Waals surface area contributed by atoms with Crippen LogP contribution in [-0.4, -0.2) is 23.3 Å². The molecule has 0 unspecified atom stereocenters. The number of amides is 1. The van der Waals surface area contributed by atoms with Crippen LogP contribution in [0.5, 0.6) is 0 Å². The summed E-state index contributed by atoms with van der Waals surface area (Å²) < 4.78 is 5.21. The number of nitrogens with one attached hydrogen (secondary N) is 1. The van der Waals surface area contributed by atoms with Gasteiger partial charge in [0.05, 0.1) is 0 Å². The van der Waals surface area contributed by atoms with Crippen LogP contribution >= 0.6 is 0 Å². The van der Waals surface area contributed by atoms with Gasteiger partial charge in [0.2, 0.25) is 0 Å². The van der Waals surface area contributed by atoms with E-state index < -0.39 is 0 Å². The van der Waals surface area contributed by atoms with E-state index in [1.807, 2.05) is 30.3 Å². The van der Waals surface area contributed by atoms with Gasteiger partial charge in [0.1, 0.15) is 6.61 Å². The topological polar surface area (TPSA) is 58.6 Å². The van der Waals surface area contributed by atoms with Crippen molar-refractivity contribution in [3.05, 3.63) is 35.9 Å². The molecule has 1 saturated carbocycles. The van der Waals surface area contributed by atoms with Crippen LogP contribution in [0.1, 0.15) is 37.7 Å². The van der Waals surface area contributed by atoms with Gasteiger partial charge in [-0.05, 0) is 37.7 Å².